The molecule has 0 unspecified atom stereocenters. The predicted octanol–water partition coefficient (Wildman–Crippen LogP) is 1.06. The van der Waals surface area contributed by atoms with Gasteiger partial charge in [0.15, 0.2) is 0 Å². The van der Waals surface area contributed by atoms with E-state index in [1.807, 2.05) is 25.1 Å². The second kappa shape index (κ2) is 2.67. The zero-order valence-corrected chi connectivity index (χ0v) is 5.46. The van der Waals surface area contributed by atoms with Crippen LogP contribution in [0.5, 0.6) is 0 Å². The molecule has 2 radical (unpaired) electrons. The Labute approximate surface area is 56.5 Å². The molecule has 1 heterocycles. The normalized spacial score (nSPS) is 9.44. The lowest BCUT2D eigenvalue weighted by Crippen LogP contribution is -1.89. The highest BCUT2D eigenvalue weighted by Crippen LogP contribution is 1.95. The Morgan fingerprint density at radius 1 is 1.56 bits per heavy atom. The van der Waals surface area contributed by atoms with Crippen LogP contribution in [0, 0.1) is 6.92 Å². The monoisotopic (exact) mass is 117 g/mol. The molecule has 1 nitrogen and oxygen atoms in total. The SMILES string of the molecule is [B]Cc1cccc(C)n1. The third-order valence-corrected chi connectivity index (χ3v) is 1.16. The van der Waals surface area contributed by atoms with Crippen LogP contribution in [0.1, 0.15) is 11.4 Å². The predicted molar refractivity (Wildman–Crippen MR) is 38.4 cm³/mol. The highest BCUT2D eigenvalue weighted by atomic mass is 14.7. The van der Waals surface area contributed by atoms with E-state index in [0.29, 0.717) is 6.32 Å². The summed E-state index contributed by atoms with van der Waals surface area (Å²) in [6.45, 7) is 1.96. The van der Waals surface area contributed by atoms with Gasteiger partial charge >= 0.3 is 0 Å². The first-order chi connectivity index (χ1) is 4.33. The van der Waals surface area contributed by atoms with Gasteiger partial charge in [0.1, 0.15) is 0 Å². The molecule has 0 aliphatic carbocycles. The minimum Gasteiger partial charge on any atom is -0.259 e. The van der Waals surface area contributed by atoms with Gasteiger partial charge in [-0.15, -0.1) is 0 Å². The Morgan fingerprint density at radius 2 is 2.33 bits per heavy atom. The number of hydrogen-bond donors (Lipinski definition) is 0. The summed E-state index contributed by atoms with van der Waals surface area (Å²) in [5, 5.41) is 0. The molecule has 0 aromatic carbocycles. The van der Waals surface area contributed by atoms with Gasteiger partial charge in [-0.2, -0.15) is 0 Å². The van der Waals surface area contributed by atoms with Crippen molar-refractivity contribution < 1.29 is 0 Å². The molecule has 0 saturated carbocycles. The van der Waals surface area contributed by atoms with Crippen molar-refractivity contribution in [2.24, 2.45) is 0 Å². The smallest absolute Gasteiger partial charge is 0.0738 e. The molecule has 0 bridgehead atoms. The molecule has 1 aromatic rings. The van der Waals surface area contributed by atoms with Gasteiger partial charge in [-0.1, -0.05) is 6.07 Å². The lowest BCUT2D eigenvalue weighted by Gasteiger charge is -1.94. The molecular formula is C7H8BN. The quantitative estimate of drug-likeness (QED) is 0.501. The minimum absolute atomic E-state index is 0.529. The topological polar surface area (TPSA) is 12.9 Å². The van der Waals surface area contributed by atoms with E-state index in [1.54, 1.807) is 0 Å². The molecule has 0 amide bonds. The van der Waals surface area contributed by atoms with E-state index in [-0.39, 0.29) is 0 Å². The van der Waals surface area contributed by atoms with Crippen LogP contribution >= 0.6 is 0 Å². The van der Waals surface area contributed by atoms with Crippen LogP contribution in [0.2, 0.25) is 0 Å². The van der Waals surface area contributed by atoms with Crippen molar-refractivity contribution >= 4 is 7.85 Å². The zero-order chi connectivity index (χ0) is 6.69. The molecule has 1 aromatic heterocycles. The Morgan fingerprint density at radius 3 is 2.78 bits per heavy atom. The third kappa shape index (κ3) is 1.56. The largest absolute Gasteiger partial charge is 0.259 e. The summed E-state index contributed by atoms with van der Waals surface area (Å²) >= 11 is 0. The summed E-state index contributed by atoms with van der Waals surface area (Å²) in [6.07, 6.45) is 0.529. The van der Waals surface area contributed by atoms with Gasteiger partial charge in [-0.3, -0.25) is 4.98 Å². The van der Waals surface area contributed by atoms with E-state index < -0.39 is 0 Å². The maximum absolute atomic E-state index is 5.36. The van der Waals surface area contributed by atoms with Crippen molar-refractivity contribution in [1.29, 1.82) is 0 Å². The Hall–Kier alpha value is -0.785. The second-order valence-electron chi connectivity index (χ2n) is 1.97. The second-order valence-corrected chi connectivity index (χ2v) is 1.97. The number of pyridine rings is 1. The highest BCUT2D eigenvalue weighted by molar-refractivity contribution is 6.08. The van der Waals surface area contributed by atoms with Crippen molar-refractivity contribution in [3.63, 3.8) is 0 Å². The summed E-state index contributed by atoms with van der Waals surface area (Å²) in [4.78, 5) is 4.17. The lowest BCUT2D eigenvalue weighted by atomic mass is 10.0. The maximum atomic E-state index is 5.36. The van der Waals surface area contributed by atoms with Crippen molar-refractivity contribution in [3.8, 4) is 0 Å². The van der Waals surface area contributed by atoms with Crippen LogP contribution < -0.4 is 0 Å². The minimum atomic E-state index is 0.529. The molecule has 2 heteroatoms. The van der Waals surface area contributed by atoms with Crippen LogP contribution in [0.4, 0.5) is 0 Å². The molecular weight excluding hydrogens is 109 g/mol. The number of aromatic nitrogens is 1. The highest BCUT2D eigenvalue weighted by Gasteiger charge is 1.87. The molecule has 0 aliphatic rings. The van der Waals surface area contributed by atoms with Crippen LogP contribution in [0.25, 0.3) is 0 Å². The molecule has 0 aliphatic heterocycles. The molecule has 0 saturated heterocycles. The van der Waals surface area contributed by atoms with Crippen molar-refractivity contribution in [1.82, 2.24) is 4.98 Å². The fourth-order valence-corrected chi connectivity index (χ4v) is 0.713. The van der Waals surface area contributed by atoms with Gasteiger partial charge in [0, 0.05) is 11.4 Å². The van der Waals surface area contributed by atoms with Crippen LogP contribution in [0.3, 0.4) is 0 Å². The molecule has 0 fully saturated rings. The molecule has 0 spiro atoms. The zero-order valence-electron chi connectivity index (χ0n) is 5.46. The van der Waals surface area contributed by atoms with Gasteiger partial charge in [-0.25, -0.2) is 0 Å². The summed E-state index contributed by atoms with van der Waals surface area (Å²) < 4.78 is 0. The first-order valence-corrected chi connectivity index (χ1v) is 2.95. The molecule has 0 atom stereocenters. The summed E-state index contributed by atoms with van der Waals surface area (Å²) in [5.74, 6) is 0. The van der Waals surface area contributed by atoms with E-state index >= 15 is 0 Å². The van der Waals surface area contributed by atoms with Crippen molar-refractivity contribution in [2.75, 3.05) is 0 Å². The Balaban J connectivity index is 2.94. The fraction of sp³-hybridized carbons (Fsp3) is 0.286. The third-order valence-electron chi connectivity index (χ3n) is 1.16. The van der Waals surface area contributed by atoms with Gasteiger partial charge in [0.25, 0.3) is 0 Å². The molecule has 44 valence electrons. The Bertz CT molecular complexity index is 198. The first kappa shape index (κ1) is 6.34. The van der Waals surface area contributed by atoms with E-state index in [4.69, 9.17) is 7.85 Å². The summed E-state index contributed by atoms with van der Waals surface area (Å²) in [5.41, 5.74) is 1.98. The number of aryl methyl sites for hydroxylation is 1. The van der Waals surface area contributed by atoms with Crippen LogP contribution in [-0.4, -0.2) is 12.8 Å². The van der Waals surface area contributed by atoms with E-state index in [2.05, 4.69) is 4.98 Å². The average molecular weight is 117 g/mol. The maximum Gasteiger partial charge on any atom is 0.0738 e. The van der Waals surface area contributed by atoms with Gasteiger partial charge in [0.05, 0.1) is 7.85 Å². The summed E-state index contributed by atoms with van der Waals surface area (Å²) in [6, 6.07) is 5.84. The van der Waals surface area contributed by atoms with Crippen LogP contribution in [0.15, 0.2) is 18.2 Å². The lowest BCUT2D eigenvalue weighted by molar-refractivity contribution is 1.10. The van der Waals surface area contributed by atoms with Crippen molar-refractivity contribution in [3.05, 3.63) is 29.6 Å². The van der Waals surface area contributed by atoms with E-state index in [0.717, 1.165) is 11.4 Å². The first-order valence-electron chi connectivity index (χ1n) is 2.95. The molecule has 0 N–H and O–H groups in total. The molecule has 1 rings (SSSR count). The van der Waals surface area contributed by atoms with Crippen LogP contribution in [-0.2, 0) is 6.32 Å². The van der Waals surface area contributed by atoms with E-state index in [1.165, 1.54) is 0 Å². The van der Waals surface area contributed by atoms with Gasteiger partial charge in [-0.05, 0) is 25.4 Å². The van der Waals surface area contributed by atoms with Crippen molar-refractivity contribution in [2.45, 2.75) is 13.2 Å². The van der Waals surface area contributed by atoms with E-state index in [9.17, 15) is 0 Å². The number of rotatable bonds is 1. The average Bonchev–Trinajstić information content (AvgIpc) is 1.88. The van der Waals surface area contributed by atoms with Gasteiger partial charge < -0.3 is 0 Å². The molecule has 9 heavy (non-hydrogen) atoms. The number of nitrogens with zero attached hydrogens (tertiary/aromatic N) is 1. The summed E-state index contributed by atoms with van der Waals surface area (Å²) in [7, 11) is 5.36. The van der Waals surface area contributed by atoms with Gasteiger partial charge in [0.2, 0.25) is 0 Å². The number of hydrogen-bond acceptors (Lipinski definition) is 1. The fourth-order valence-electron chi connectivity index (χ4n) is 0.713. The Kier molecular flexibility index (Phi) is 1.88. The standard InChI is InChI=1S/C7H8BN/c1-6-3-2-4-7(5-8)9-6/h2-4H,5H2,1H3.